The Kier molecular flexibility index (Phi) is 6.29. The largest absolute Gasteiger partial charge is 0.283 e. The highest BCUT2D eigenvalue weighted by atomic mass is 35.5. The quantitative estimate of drug-likeness (QED) is 0.543. The van der Waals surface area contributed by atoms with Crippen molar-refractivity contribution in [2.45, 2.75) is 38.1 Å². The first-order valence-corrected chi connectivity index (χ1v) is 11.4. The zero-order valence-corrected chi connectivity index (χ0v) is 17.6. The fourth-order valence-corrected chi connectivity index (χ4v) is 5.35. The van der Waals surface area contributed by atoms with E-state index in [0.717, 1.165) is 31.2 Å². The molecule has 1 aromatic carbocycles. The lowest BCUT2D eigenvalue weighted by atomic mass is 9.94. The molecule has 4 nitrogen and oxygen atoms in total. The lowest BCUT2D eigenvalue weighted by molar-refractivity contribution is -0.124. The first kappa shape index (κ1) is 19.4. The molecule has 0 atom stereocenters. The van der Waals surface area contributed by atoms with Crippen molar-refractivity contribution in [2.24, 2.45) is 4.99 Å². The van der Waals surface area contributed by atoms with E-state index in [1.807, 2.05) is 46.7 Å². The third-order valence-corrected chi connectivity index (χ3v) is 6.63. The van der Waals surface area contributed by atoms with E-state index in [-0.39, 0.29) is 11.9 Å². The van der Waals surface area contributed by atoms with Gasteiger partial charge in [-0.25, -0.2) is 4.98 Å². The summed E-state index contributed by atoms with van der Waals surface area (Å²) >= 11 is 9.29. The lowest BCUT2D eigenvalue weighted by Crippen LogP contribution is -2.40. The van der Waals surface area contributed by atoms with Gasteiger partial charge in [-0.3, -0.25) is 9.69 Å². The molecule has 0 bridgehead atoms. The van der Waals surface area contributed by atoms with Gasteiger partial charge >= 0.3 is 0 Å². The van der Waals surface area contributed by atoms with E-state index in [0.29, 0.717) is 20.2 Å². The average Bonchev–Trinajstić information content (AvgIpc) is 3.32. The second-order valence-electron chi connectivity index (χ2n) is 6.73. The highest BCUT2D eigenvalue weighted by molar-refractivity contribution is 8.18. The van der Waals surface area contributed by atoms with E-state index in [2.05, 4.69) is 9.98 Å². The molecular formula is C21H20ClN3OS2. The monoisotopic (exact) mass is 429 g/mol. The highest BCUT2D eigenvalue weighted by Crippen LogP contribution is 2.38. The summed E-state index contributed by atoms with van der Waals surface area (Å²) in [5.74, 6) is -0.00758. The normalized spacial score (nSPS) is 21.8. The Hall–Kier alpha value is -1.89. The molecule has 2 heterocycles. The molecule has 7 heteroatoms. The van der Waals surface area contributed by atoms with Gasteiger partial charge in [0.05, 0.1) is 4.91 Å². The third-order valence-electron chi connectivity index (χ3n) is 4.76. The Morgan fingerprint density at radius 2 is 2.00 bits per heavy atom. The maximum absolute atomic E-state index is 13.2. The molecule has 2 aliphatic rings. The Morgan fingerprint density at radius 3 is 2.71 bits per heavy atom. The van der Waals surface area contributed by atoms with Gasteiger partial charge in [0.25, 0.3) is 5.91 Å². The van der Waals surface area contributed by atoms with Crippen LogP contribution in [0.15, 0.2) is 62.9 Å². The van der Waals surface area contributed by atoms with E-state index in [1.54, 1.807) is 12.3 Å². The van der Waals surface area contributed by atoms with Crippen LogP contribution in [0.4, 0.5) is 5.13 Å². The number of aliphatic imine (C=N–C) groups is 1. The number of thioether (sulfide) groups is 1. The van der Waals surface area contributed by atoms with Gasteiger partial charge in [0, 0.05) is 22.7 Å². The molecule has 1 saturated heterocycles. The molecule has 4 rings (SSSR count). The number of nitrogens with zero attached hydrogens (tertiary/aromatic N) is 3. The van der Waals surface area contributed by atoms with Crippen LogP contribution in [-0.4, -0.2) is 27.0 Å². The number of carbonyl (C=O) groups excluding carboxylic acids is 1. The van der Waals surface area contributed by atoms with Gasteiger partial charge in [-0.1, -0.05) is 61.2 Å². The van der Waals surface area contributed by atoms with Crippen molar-refractivity contribution < 1.29 is 4.79 Å². The van der Waals surface area contributed by atoms with Gasteiger partial charge in [-0.05, 0) is 42.3 Å². The number of halogens is 1. The maximum atomic E-state index is 13.2. The van der Waals surface area contributed by atoms with Gasteiger partial charge in [0.1, 0.15) is 0 Å². The molecule has 1 aromatic heterocycles. The summed E-state index contributed by atoms with van der Waals surface area (Å²) in [4.78, 5) is 24.6. The Bertz CT molecular complexity index is 916. The van der Waals surface area contributed by atoms with Crippen molar-refractivity contribution in [2.75, 3.05) is 0 Å². The third kappa shape index (κ3) is 4.57. The van der Waals surface area contributed by atoms with Crippen molar-refractivity contribution in [3.8, 4) is 0 Å². The smallest absolute Gasteiger partial charge is 0.267 e. The molecule has 2 aromatic rings. The molecule has 0 N–H and O–H groups in total. The van der Waals surface area contributed by atoms with Crippen molar-refractivity contribution in [3.05, 3.63) is 63.5 Å². The lowest BCUT2D eigenvalue weighted by Gasteiger charge is -2.30. The summed E-state index contributed by atoms with van der Waals surface area (Å²) in [7, 11) is 0. The molecule has 0 radical (unpaired) electrons. The number of amidine groups is 1. The zero-order valence-electron chi connectivity index (χ0n) is 15.3. The number of aromatic nitrogens is 1. The summed E-state index contributed by atoms with van der Waals surface area (Å²) in [6, 6.07) is 10.0. The van der Waals surface area contributed by atoms with Gasteiger partial charge < -0.3 is 0 Å². The summed E-state index contributed by atoms with van der Waals surface area (Å²) in [6.45, 7) is 0. The molecule has 1 aliphatic carbocycles. The molecule has 0 unspecified atom stereocenters. The Morgan fingerprint density at radius 1 is 1.21 bits per heavy atom. The van der Waals surface area contributed by atoms with Gasteiger partial charge in [-0.2, -0.15) is 4.99 Å². The fourth-order valence-electron chi connectivity index (χ4n) is 3.45. The summed E-state index contributed by atoms with van der Waals surface area (Å²) in [5, 5.41) is 3.80. The fraction of sp³-hybridized carbons (Fsp3) is 0.286. The number of hydrogen-bond donors (Lipinski definition) is 0. The minimum atomic E-state index is -0.00758. The van der Waals surface area contributed by atoms with Crippen LogP contribution in [0, 0.1) is 0 Å². The summed E-state index contributed by atoms with van der Waals surface area (Å²) in [6.07, 6.45) is 10.9. The topological polar surface area (TPSA) is 45.6 Å². The number of rotatable bonds is 4. The molecule has 2 fully saturated rings. The standard InChI is InChI=1S/C21H20ClN3OS2/c22-16(13-15-7-3-1-4-8-15)14-18-19(26)25(17-9-5-2-6-10-17)21(28-18)24-20-23-11-12-27-20/h1,3-4,7-8,11-14,17H,2,5-6,9-10H2/b16-13-,18-14-,24-21+. The minimum absolute atomic E-state index is 0.00758. The van der Waals surface area contributed by atoms with Gasteiger partial charge in [0.15, 0.2) is 5.17 Å². The summed E-state index contributed by atoms with van der Waals surface area (Å²) < 4.78 is 0. The van der Waals surface area contributed by atoms with Crippen LogP contribution in [0.2, 0.25) is 0 Å². The minimum Gasteiger partial charge on any atom is -0.283 e. The van der Waals surface area contributed by atoms with Crippen LogP contribution in [0.3, 0.4) is 0 Å². The number of amides is 1. The molecule has 1 amide bonds. The van der Waals surface area contributed by atoms with Crippen LogP contribution in [0.1, 0.15) is 37.7 Å². The number of allylic oxidation sites excluding steroid dienone is 2. The van der Waals surface area contributed by atoms with Crippen molar-refractivity contribution in [3.63, 3.8) is 0 Å². The van der Waals surface area contributed by atoms with E-state index < -0.39 is 0 Å². The van der Waals surface area contributed by atoms with Gasteiger partial charge in [-0.15, -0.1) is 11.3 Å². The van der Waals surface area contributed by atoms with E-state index >= 15 is 0 Å². The van der Waals surface area contributed by atoms with E-state index in [4.69, 9.17) is 11.6 Å². The Labute approximate surface area is 178 Å². The van der Waals surface area contributed by atoms with Crippen LogP contribution >= 0.6 is 34.7 Å². The second kappa shape index (κ2) is 9.07. The average molecular weight is 430 g/mol. The first-order chi connectivity index (χ1) is 13.7. The predicted molar refractivity (Wildman–Crippen MR) is 119 cm³/mol. The zero-order chi connectivity index (χ0) is 19.3. The molecular weight excluding hydrogens is 410 g/mol. The van der Waals surface area contributed by atoms with E-state index in [9.17, 15) is 4.79 Å². The SMILES string of the molecule is O=C1/C(=C/C(Cl)=C/c2ccccc2)S/C(=N/c2nccs2)N1C1CCCCC1. The highest BCUT2D eigenvalue weighted by Gasteiger charge is 2.38. The first-order valence-electron chi connectivity index (χ1n) is 9.34. The number of benzene rings is 1. The molecule has 1 aliphatic heterocycles. The number of thiazole rings is 1. The Balaban J connectivity index is 1.64. The van der Waals surface area contributed by atoms with Crippen molar-refractivity contribution in [1.29, 1.82) is 0 Å². The number of carbonyl (C=O) groups is 1. The molecule has 0 spiro atoms. The van der Waals surface area contributed by atoms with Gasteiger partial charge in [0.2, 0.25) is 5.13 Å². The number of hydrogen-bond acceptors (Lipinski definition) is 5. The van der Waals surface area contributed by atoms with Crippen molar-refractivity contribution >= 4 is 57.0 Å². The predicted octanol–water partition coefficient (Wildman–Crippen LogP) is 6.20. The second-order valence-corrected chi connectivity index (χ2v) is 9.05. The van der Waals surface area contributed by atoms with E-state index in [1.165, 1.54) is 29.5 Å². The van der Waals surface area contributed by atoms with Crippen LogP contribution in [-0.2, 0) is 4.79 Å². The van der Waals surface area contributed by atoms with Crippen LogP contribution in [0.25, 0.3) is 6.08 Å². The molecule has 28 heavy (non-hydrogen) atoms. The van der Waals surface area contributed by atoms with Crippen LogP contribution < -0.4 is 0 Å². The maximum Gasteiger partial charge on any atom is 0.267 e. The summed E-state index contributed by atoms with van der Waals surface area (Å²) in [5.41, 5.74) is 1.00. The molecule has 1 saturated carbocycles. The van der Waals surface area contributed by atoms with Crippen LogP contribution in [0.5, 0.6) is 0 Å². The van der Waals surface area contributed by atoms with Crippen molar-refractivity contribution in [1.82, 2.24) is 9.88 Å². The molecule has 144 valence electrons.